The van der Waals surface area contributed by atoms with Gasteiger partial charge < -0.3 is 5.32 Å². The lowest BCUT2D eigenvalue weighted by Crippen LogP contribution is -2.24. The van der Waals surface area contributed by atoms with Crippen LogP contribution in [0, 0.1) is 12.8 Å². The summed E-state index contributed by atoms with van der Waals surface area (Å²) in [6.07, 6.45) is 2.27. The largest absolute Gasteiger partial charge is 0.385 e. The van der Waals surface area contributed by atoms with Crippen LogP contribution in [-0.4, -0.2) is 6.54 Å². The van der Waals surface area contributed by atoms with E-state index >= 15 is 0 Å². The lowest BCUT2D eigenvalue weighted by molar-refractivity contribution is 0.535. The summed E-state index contributed by atoms with van der Waals surface area (Å²) >= 11 is 5.93. The van der Waals surface area contributed by atoms with Crippen molar-refractivity contribution >= 4 is 17.3 Å². The predicted octanol–water partition coefficient (Wildman–Crippen LogP) is 4.48. The summed E-state index contributed by atoms with van der Waals surface area (Å²) in [5, 5.41) is 4.36. The highest BCUT2D eigenvalue weighted by Gasteiger charge is 2.18. The van der Waals surface area contributed by atoms with Crippen molar-refractivity contribution in [2.75, 3.05) is 11.9 Å². The molecule has 98 valence electrons. The molecule has 1 aliphatic rings. The average molecular weight is 272 g/mol. The van der Waals surface area contributed by atoms with Gasteiger partial charge in [-0.3, -0.25) is 0 Å². The molecule has 2 aromatic rings. The summed E-state index contributed by atoms with van der Waals surface area (Å²) in [7, 11) is 0. The highest BCUT2D eigenvalue weighted by molar-refractivity contribution is 6.30. The van der Waals surface area contributed by atoms with Gasteiger partial charge in [-0.05, 0) is 55.0 Å². The lowest BCUT2D eigenvalue weighted by Gasteiger charge is -2.26. The average Bonchev–Trinajstić information content (AvgIpc) is 2.41. The molecule has 1 unspecified atom stereocenters. The van der Waals surface area contributed by atoms with Gasteiger partial charge in [-0.2, -0.15) is 0 Å². The van der Waals surface area contributed by atoms with Crippen molar-refractivity contribution in [2.24, 2.45) is 5.92 Å². The first kappa shape index (κ1) is 12.6. The molecular formula is C17H18ClN. The second-order valence-electron chi connectivity index (χ2n) is 5.44. The second-order valence-corrected chi connectivity index (χ2v) is 5.88. The molecule has 0 radical (unpaired) electrons. The van der Waals surface area contributed by atoms with Crippen LogP contribution in [0.5, 0.6) is 0 Å². The van der Waals surface area contributed by atoms with Crippen molar-refractivity contribution in [1.82, 2.24) is 0 Å². The number of hydrogen-bond donors (Lipinski definition) is 1. The third-order valence-electron chi connectivity index (χ3n) is 3.79. The zero-order chi connectivity index (χ0) is 13.2. The van der Waals surface area contributed by atoms with Gasteiger partial charge in [0.2, 0.25) is 0 Å². The van der Waals surface area contributed by atoms with E-state index in [-0.39, 0.29) is 0 Å². The summed E-state index contributed by atoms with van der Waals surface area (Å²) in [6, 6.07) is 14.9. The Kier molecular flexibility index (Phi) is 3.48. The van der Waals surface area contributed by atoms with Crippen LogP contribution in [0.15, 0.2) is 42.5 Å². The van der Waals surface area contributed by atoms with E-state index in [1.54, 1.807) is 0 Å². The van der Waals surface area contributed by atoms with E-state index in [1.165, 1.54) is 22.4 Å². The molecule has 0 fully saturated rings. The van der Waals surface area contributed by atoms with Crippen LogP contribution in [0.2, 0.25) is 5.02 Å². The number of anilines is 1. The number of rotatable bonds is 2. The summed E-state index contributed by atoms with van der Waals surface area (Å²) in [5.74, 6) is 0.662. The van der Waals surface area contributed by atoms with Crippen LogP contribution in [-0.2, 0) is 12.8 Å². The first-order chi connectivity index (χ1) is 9.20. The van der Waals surface area contributed by atoms with Gasteiger partial charge in [-0.1, -0.05) is 41.4 Å². The van der Waals surface area contributed by atoms with E-state index in [2.05, 4.69) is 42.6 Å². The minimum absolute atomic E-state index is 0.662. The summed E-state index contributed by atoms with van der Waals surface area (Å²) in [5.41, 5.74) is 5.46. The molecule has 0 aromatic heterocycles. The predicted molar refractivity (Wildman–Crippen MR) is 82.0 cm³/mol. The van der Waals surface area contributed by atoms with Crippen LogP contribution in [0.3, 0.4) is 0 Å². The number of halogens is 1. The Morgan fingerprint density at radius 2 is 1.95 bits per heavy atom. The third-order valence-corrected chi connectivity index (χ3v) is 4.04. The minimum Gasteiger partial charge on any atom is -0.385 e. The quantitative estimate of drug-likeness (QED) is 0.849. The zero-order valence-electron chi connectivity index (χ0n) is 11.1. The molecule has 1 heterocycles. The van der Waals surface area contributed by atoms with E-state index in [1.807, 2.05) is 12.1 Å². The fourth-order valence-corrected chi connectivity index (χ4v) is 2.93. The Bertz CT molecular complexity index is 574. The summed E-state index contributed by atoms with van der Waals surface area (Å²) < 4.78 is 0. The minimum atomic E-state index is 0.662. The molecule has 0 amide bonds. The van der Waals surface area contributed by atoms with E-state index < -0.39 is 0 Å². The van der Waals surface area contributed by atoms with Gasteiger partial charge in [0.05, 0.1) is 0 Å². The van der Waals surface area contributed by atoms with E-state index in [0.717, 1.165) is 24.4 Å². The fourth-order valence-electron chi connectivity index (χ4n) is 2.80. The van der Waals surface area contributed by atoms with Crippen LogP contribution >= 0.6 is 11.6 Å². The highest BCUT2D eigenvalue weighted by atomic mass is 35.5. The van der Waals surface area contributed by atoms with Gasteiger partial charge in [-0.25, -0.2) is 0 Å². The van der Waals surface area contributed by atoms with Crippen LogP contribution < -0.4 is 5.32 Å². The van der Waals surface area contributed by atoms with Gasteiger partial charge in [0.15, 0.2) is 0 Å². The van der Waals surface area contributed by atoms with Crippen molar-refractivity contribution in [3.63, 3.8) is 0 Å². The Hall–Kier alpha value is -1.47. The van der Waals surface area contributed by atoms with E-state index in [0.29, 0.717) is 5.92 Å². The summed E-state index contributed by atoms with van der Waals surface area (Å²) in [4.78, 5) is 0. The molecule has 0 saturated carbocycles. The molecule has 1 aliphatic heterocycles. The van der Waals surface area contributed by atoms with Crippen molar-refractivity contribution in [2.45, 2.75) is 19.8 Å². The van der Waals surface area contributed by atoms with Gasteiger partial charge in [0, 0.05) is 17.3 Å². The monoisotopic (exact) mass is 271 g/mol. The first-order valence-corrected chi connectivity index (χ1v) is 7.16. The van der Waals surface area contributed by atoms with Gasteiger partial charge in [0.1, 0.15) is 0 Å². The Balaban J connectivity index is 1.73. The number of aryl methyl sites for hydroxylation is 1. The Morgan fingerprint density at radius 1 is 1.16 bits per heavy atom. The van der Waals surface area contributed by atoms with Crippen molar-refractivity contribution in [3.8, 4) is 0 Å². The molecule has 0 spiro atoms. The number of fused-ring (bicyclic) bond motifs is 1. The van der Waals surface area contributed by atoms with Gasteiger partial charge >= 0.3 is 0 Å². The van der Waals surface area contributed by atoms with Gasteiger partial charge in [0.25, 0.3) is 0 Å². The standard InChI is InChI=1S/C17H18ClN/c1-12-2-7-17-15(8-12)10-14(11-19-17)9-13-3-5-16(18)6-4-13/h2-8,14,19H,9-11H2,1H3. The fraction of sp³-hybridized carbons (Fsp3) is 0.294. The summed E-state index contributed by atoms with van der Waals surface area (Å²) in [6.45, 7) is 3.21. The highest BCUT2D eigenvalue weighted by Crippen LogP contribution is 2.27. The molecule has 1 N–H and O–H groups in total. The molecule has 0 bridgehead atoms. The first-order valence-electron chi connectivity index (χ1n) is 6.78. The number of hydrogen-bond acceptors (Lipinski definition) is 1. The molecule has 2 aromatic carbocycles. The van der Waals surface area contributed by atoms with Crippen LogP contribution in [0.1, 0.15) is 16.7 Å². The molecule has 3 rings (SSSR count). The van der Waals surface area contributed by atoms with Gasteiger partial charge in [-0.15, -0.1) is 0 Å². The van der Waals surface area contributed by atoms with Crippen molar-refractivity contribution < 1.29 is 0 Å². The normalized spacial score (nSPS) is 17.7. The topological polar surface area (TPSA) is 12.0 Å². The van der Waals surface area contributed by atoms with Crippen molar-refractivity contribution in [1.29, 1.82) is 0 Å². The van der Waals surface area contributed by atoms with E-state index in [9.17, 15) is 0 Å². The van der Waals surface area contributed by atoms with Crippen LogP contribution in [0.4, 0.5) is 5.69 Å². The maximum absolute atomic E-state index is 5.93. The maximum Gasteiger partial charge on any atom is 0.0406 e. The third kappa shape index (κ3) is 2.93. The number of nitrogens with one attached hydrogen (secondary N) is 1. The van der Waals surface area contributed by atoms with E-state index in [4.69, 9.17) is 11.6 Å². The second kappa shape index (κ2) is 5.26. The lowest BCUT2D eigenvalue weighted by atomic mass is 9.88. The zero-order valence-corrected chi connectivity index (χ0v) is 11.9. The molecule has 0 aliphatic carbocycles. The maximum atomic E-state index is 5.93. The van der Waals surface area contributed by atoms with Crippen molar-refractivity contribution in [3.05, 3.63) is 64.2 Å². The SMILES string of the molecule is Cc1ccc2c(c1)CC(Cc1ccc(Cl)cc1)CN2. The Morgan fingerprint density at radius 3 is 2.74 bits per heavy atom. The molecule has 19 heavy (non-hydrogen) atoms. The molecular weight excluding hydrogens is 254 g/mol. The molecule has 1 nitrogen and oxygen atoms in total. The molecule has 1 atom stereocenters. The Labute approximate surface area is 119 Å². The van der Waals surface area contributed by atoms with Crippen LogP contribution in [0.25, 0.3) is 0 Å². The smallest absolute Gasteiger partial charge is 0.0406 e. The molecule has 2 heteroatoms. The number of benzene rings is 2. The molecule has 0 saturated heterocycles.